The van der Waals surface area contributed by atoms with Gasteiger partial charge in [0.25, 0.3) is 5.56 Å². The van der Waals surface area contributed by atoms with Gasteiger partial charge in [-0.05, 0) is 17.7 Å². The Bertz CT molecular complexity index is 1020. The highest BCUT2D eigenvalue weighted by molar-refractivity contribution is 5.74. The van der Waals surface area contributed by atoms with E-state index in [4.69, 9.17) is 4.42 Å². The van der Waals surface area contributed by atoms with Gasteiger partial charge in [0.15, 0.2) is 0 Å². The second-order valence-electron chi connectivity index (χ2n) is 5.43. The van der Waals surface area contributed by atoms with E-state index in [0.29, 0.717) is 18.0 Å². The van der Waals surface area contributed by atoms with Crippen LogP contribution >= 0.6 is 0 Å². The van der Waals surface area contributed by atoms with E-state index in [1.54, 1.807) is 4.57 Å². The van der Waals surface area contributed by atoms with Gasteiger partial charge >= 0.3 is 0 Å². The molecule has 6 heteroatoms. The Balaban J connectivity index is 1.86. The van der Waals surface area contributed by atoms with Crippen LogP contribution in [0.2, 0.25) is 0 Å². The number of hydrogen-bond acceptors (Lipinski definition) is 5. The van der Waals surface area contributed by atoms with E-state index in [-0.39, 0.29) is 12.1 Å². The molecule has 0 spiro atoms. The van der Waals surface area contributed by atoms with E-state index in [0.717, 1.165) is 16.6 Å². The molecular formula is C18H14N4O2. The molecular weight excluding hydrogens is 304 g/mol. The van der Waals surface area contributed by atoms with Crippen molar-refractivity contribution in [2.75, 3.05) is 0 Å². The quantitative estimate of drug-likeness (QED) is 0.578. The third kappa shape index (κ3) is 2.69. The van der Waals surface area contributed by atoms with E-state index in [1.165, 1.54) is 6.39 Å². The van der Waals surface area contributed by atoms with Crippen LogP contribution in [-0.4, -0.2) is 19.7 Å². The van der Waals surface area contributed by atoms with E-state index in [2.05, 4.69) is 15.2 Å². The average Bonchev–Trinajstić information content (AvgIpc) is 3.13. The minimum atomic E-state index is -0.143. The molecule has 4 aromatic rings. The zero-order valence-corrected chi connectivity index (χ0v) is 12.8. The fourth-order valence-electron chi connectivity index (χ4n) is 2.71. The van der Waals surface area contributed by atoms with Crippen molar-refractivity contribution >= 4 is 11.0 Å². The highest BCUT2D eigenvalue weighted by Crippen LogP contribution is 2.13. The van der Waals surface area contributed by atoms with Crippen LogP contribution < -0.4 is 5.56 Å². The van der Waals surface area contributed by atoms with Crippen molar-refractivity contribution in [2.24, 2.45) is 0 Å². The Labute approximate surface area is 137 Å². The maximum Gasteiger partial charge on any atom is 0.273 e. The van der Waals surface area contributed by atoms with E-state index in [9.17, 15) is 4.79 Å². The van der Waals surface area contributed by atoms with Gasteiger partial charge in [0.1, 0.15) is 12.2 Å². The normalized spacial score (nSPS) is 11.0. The highest BCUT2D eigenvalue weighted by Gasteiger charge is 2.13. The molecule has 0 amide bonds. The summed E-state index contributed by atoms with van der Waals surface area (Å²) in [6.07, 6.45) is 1.74. The van der Waals surface area contributed by atoms with Crippen molar-refractivity contribution in [1.29, 1.82) is 0 Å². The first-order valence-electron chi connectivity index (χ1n) is 7.59. The summed E-state index contributed by atoms with van der Waals surface area (Å²) in [5, 5.41) is 7.55. The van der Waals surface area contributed by atoms with Gasteiger partial charge < -0.3 is 4.42 Å². The Kier molecular flexibility index (Phi) is 3.63. The van der Waals surface area contributed by atoms with Crippen LogP contribution in [0.5, 0.6) is 0 Å². The van der Waals surface area contributed by atoms with Crippen molar-refractivity contribution in [1.82, 2.24) is 19.7 Å². The van der Waals surface area contributed by atoms with E-state index in [1.807, 2.05) is 54.6 Å². The molecule has 0 aliphatic heterocycles. The number of nitrogens with zero attached hydrogens (tertiary/aromatic N) is 4. The fraction of sp³-hybridized carbons (Fsp3) is 0.111. The largest absolute Gasteiger partial charge is 0.426 e. The number of aromatic nitrogens is 4. The van der Waals surface area contributed by atoms with Crippen LogP contribution in [-0.2, 0) is 13.0 Å². The minimum Gasteiger partial charge on any atom is -0.426 e. The lowest BCUT2D eigenvalue weighted by Gasteiger charge is -2.10. The number of para-hydroxylation sites is 2. The molecule has 0 radical (unpaired) electrons. The molecule has 0 atom stereocenters. The summed E-state index contributed by atoms with van der Waals surface area (Å²) in [5.74, 6) is 0.388. The van der Waals surface area contributed by atoms with Crippen molar-refractivity contribution < 1.29 is 4.42 Å². The standard InChI is InChI=1S/C18H14N4O2/c23-18-15(10-13-6-2-1-3-7-13)20-14-8-4-5-9-16(14)22(18)11-17-21-19-12-24-17/h1-9,12H,10-11H2. The third-order valence-electron chi connectivity index (χ3n) is 3.83. The van der Waals surface area contributed by atoms with Crippen molar-refractivity contribution in [3.05, 3.63) is 88.5 Å². The van der Waals surface area contributed by atoms with Crippen molar-refractivity contribution in [2.45, 2.75) is 13.0 Å². The second-order valence-corrected chi connectivity index (χ2v) is 5.43. The van der Waals surface area contributed by atoms with E-state index >= 15 is 0 Å². The average molecular weight is 318 g/mol. The molecule has 0 saturated heterocycles. The lowest BCUT2D eigenvalue weighted by atomic mass is 10.1. The predicted molar refractivity (Wildman–Crippen MR) is 88.7 cm³/mol. The Morgan fingerprint density at radius 3 is 2.58 bits per heavy atom. The zero-order chi connectivity index (χ0) is 16.4. The molecule has 0 aliphatic carbocycles. The maximum atomic E-state index is 12.9. The number of benzene rings is 2. The van der Waals surface area contributed by atoms with Gasteiger partial charge in [-0.15, -0.1) is 10.2 Å². The van der Waals surface area contributed by atoms with Crippen LogP contribution in [0.25, 0.3) is 11.0 Å². The molecule has 24 heavy (non-hydrogen) atoms. The first kappa shape index (κ1) is 14.3. The van der Waals surface area contributed by atoms with Crippen molar-refractivity contribution in [3.8, 4) is 0 Å². The number of fused-ring (bicyclic) bond motifs is 1. The van der Waals surface area contributed by atoms with Gasteiger partial charge in [-0.3, -0.25) is 9.36 Å². The van der Waals surface area contributed by atoms with Crippen LogP contribution in [0.1, 0.15) is 17.1 Å². The van der Waals surface area contributed by atoms with Gasteiger partial charge in [-0.2, -0.15) is 0 Å². The van der Waals surface area contributed by atoms with Crippen LogP contribution in [0.3, 0.4) is 0 Å². The zero-order valence-electron chi connectivity index (χ0n) is 12.8. The third-order valence-corrected chi connectivity index (χ3v) is 3.83. The lowest BCUT2D eigenvalue weighted by molar-refractivity contribution is 0.476. The van der Waals surface area contributed by atoms with Gasteiger partial charge in [0.05, 0.1) is 11.0 Å². The molecule has 0 saturated carbocycles. The first-order chi connectivity index (χ1) is 11.8. The minimum absolute atomic E-state index is 0.143. The molecule has 0 fully saturated rings. The Morgan fingerprint density at radius 1 is 1.00 bits per heavy atom. The summed E-state index contributed by atoms with van der Waals surface area (Å²) in [6.45, 7) is 0.226. The van der Waals surface area contributed by atoms with Gasteiger partial charge in [-0.1, -0.05) is 42.5 Å². The SMILES string of the molecule is O=c1c(Cc2ccccc2)nc2ccccc2n1Cc1nnco1. The Hall–Kier alpha value is -3.28. The van der Waals surface area contributed by atoms with Gasteiger partial charge in [-0.25, -0.2) is 4.98 Å². The number of rotatable bonds is 4. The molecule has 2 heterocycles. The molecule has 0 N–H and O–H groups in total. The topological polar surface area (TPSA) is 73.8 Å². The maximum absolute atomic E-state index is 12.9. The summed E-state index contributed by atoms with van der Waals surface area (Å²) < 4.78 is 6.83. The summed E-state index contributed by atoms with van der Waals surface area (Å²) in [4.78, 5) is 17.5. The predicted octanol–water partition coefficient (Wildman–Crippen LogP) is 2.42. The molecule has 4 rings (SSSR count). The van der Waals surface area contributed by atoms with Gasteiger partial charge in [0, 0.05) is 6.42 Å². The smallest absolute Gasteiger partial charge is 0.273 e. The van der Waals surface area contributed by atoms with E-state index < -0.39 is 0 Å². The molecule has 0 aliphatic rings. The fourth-order valence-corrected chi connectivity index (χ4v) is 2.71. The summed E-state index contributed by atoms with van der Waals surface area (Å²) in [5.41, 5.74) is 2.91. The summed E-state index contributed by atoms with van der Waals surface area (Å²) in [6, 6.07) is 17.4. The summed E-state index contributed by atoms with van der Waals surface area (Å²) >= 11 is 0. The summed E-state index contributed by atoms with van der Waals surface area (Å²) in [7, 11) is 0. The van der Waals surface area contributed by atoms with Crippen LogP contribution in [0, 0.1) is 0 Å². The van der Waals surface area contributed by atoms with Crippen molar-refractivity contribution in [3.63, 3.8) is 0 Å². The molecule has 0 unspecified atom stereocenters. The molecule has 2 aromatic heterocycles. The molecule has 0 bridgehead atoms. The number of hydrogen-bond donors (Lipinski definition) is 0. The van der Waals surface area contributed by atoms with Gasteiger partial charge in [0.2, 0.25) is 12.3 Å². The lowest BCUT2D eigenvalue weighted by Crippen LogP contribution is -2.26. The van der Waals surface area contributed by atoms with Crippen LogP contribution in [0.15, 0.2) is 70.2 Å². The highest BCUT2D eigenvalue weighted by atomic mass is 16.4. The second kappa shape index (κ2) is 6.08. The van der Waals surface area contributed by atoms with Crippen LogP contribution in [0.4, 0.5) is 0 Å². The molecule has 2 aromatic carbocycles. The monoisotopic (exact) mass is 318 g/mol. The Morgan fingerprint density at radius 2 is 1.79 bits per heavy atom. The molecule has 118 valence electrons. The molecule has 6 nitrogen and oxygen atoms in total. The first-order valence-corrected chi connectivity index (χ1v) is 7.59.